The number of hydrogen-bond donors (Lipinski definition) is 1. The van der Waals surface area contributed by atoms with E-state index >= 15 is 0 Å². The van der Waals surface area contributed by atoms with Gasteiger partial charge in [0.1, 0.15) is 16.8 Å². The predicted molar refractivity (Wildman–Crippen MR) is 137 cm³/mol. The molecule has 178 valence electrons. The number of anilines is 1. The number of nitrogens with zero attached hydrogens (tertiary/aromatic N) is 3. The second kappa shape index (κ2) is 11.0. The molecule has 0 bridgehead atoms. The first-order valence-corrected chi connectivity index (χ1v) is 11.9. The Kier molecular flexibility index (Phi) is 7.62. The largest absolute Gasteiger partial charge is 0.495 e. The molecule has 1 amide bonds. The lowest BCUT2D eigenvalue weighted by Gasteiger charge is -2.18. The van der Waals surface area contributed by atoms with Gasteiger partial charge in [-0.2, -0.15) is 0 Å². The fourth-order valence-corrected chi connectivity index (χ4v) is 4.68. The van der Waals surface area contributed by atoms with E-state index in [9.17, 15) is 9.18 Å². The molecule has 8 heteroatoms. The van der Waals surface area contributed by atoms with Crippen LogP contribution < -0.4 is 10.1 Å². The number of nitrogens with one attached hydrogen (secondary N) is 1. The van der Waals surface area contributed by atoms with Crippen LogP contribution in [0.4, 0.5) is 10.1 Å². The third-order valence-corrected chi connectivity index (χ3v) is 6.55. The van der Waals surface area contributed by atoms with Crippen molar-refractivity contribution < 1.29 is 13.9 Å². The number of carbonyl (C=O) groups excluding carboxylic acids is 1. The second-order valence-electron chi connectivity index (χ2n) is 7.79. The SMILES string of the molecule is C=CCn1c(SC(C(=O)Nc2cc(C)ccc2OC)c2ccccc2)nnc1-c1ccccc1F. The highest BCUT2D eigenvalue weighted by atomic mass is 32.2. The summed E-state index contributed by atoms with van der Waals surface area (Å²) in [5.74, 6) is 0.298. The molecule has 0 saturated carbocycles. The van der Waals surface area contributed by atoms with Crippen LogP contribution in [0.2, 0.25) is 0 Å². The van der Waals surface area contributed by atoms with Crippen LogP contribution in [0.3, 0.4) is 0 Å². The average molecular weight is 489 g/mol. The van der Waals surface area contributed by atoms with Crippen LogP contribution in [0.1, 0.15) is 16.4 Å². The summed E-state index contributed by atoms with van der Waals surface area (Å²) < 4.78 is 21.7. The number of methoxy groups -OCH3 is 1. The highest BCUT2D eigenvalue weighted by Crippen LogP contribution is 2.38. The molecule has 0 saturated heterocycles. The van der Waals surface area contributed by atoms with Crippen molar-refractivity contribution in [1.29, 1.82) is 0 Å². The molecule has 0 aliphatic rings. The summed E-state index contributed by atoms with van der Waals surface area (Å²) in [4.78, 5) is 13.6. The Bertz CT molecular complexity index is 1340. The number of thioether (sulfide) groups is 1. The van der Waals surface area contributed by atoms with E-state index < -0.39 is 11.1 Å². The van der Waals surface area contributed by atoms with E-state index in [1.807, 2.05) is 55.5 Å². The molecule has 4 rings (SSSR count). The highest BCUT2D eigenvalue weighted by Gasteiger charge is 2.27. The molecule has 35 heavy (non-hydrogen) atoms. The minimum atomic E-state index is -0.650. The minimum Gasteiger partial charge on any atom is -0.495 e. The molecular weight excluding hydrogens is 463 g/mol. The van der Waals surface area contributed by atoms with Crippen molar-refractivity contribution in [3.63, 3.8) is 0 Å². The van der Waals surface area contributed by atoms with Crippen molar-refractivity contribution in [3.8, 4) is 17.1 Å². The van der Waals surface area contributed by atoms with Gasteiger partial charge in [0.05, 0.1) is 18.4 Å². The summed E-state index contributed by atoms with van der Waals surface area (Å²) in [5, 5.41) is 11.4. The zero-order valence-electron chi connectivity index (χ0n) is 19.4. The maximum Gasteiger partial charge on any atom is 0.242 e. The fraction of sp³-hybridized carbons (Fsp3) is 0.148. The van der Waals surface area contributed by atoms with Crippen molar-refractivity contribution in [1.82, 2.24) is 14.8 Å². The van der Waals surface area contributed by atoms with Gasteiger partial charge in [0.15, 0.2) is 11.0 Å². The molecule has 3 aromatic carbocycles. The Hall–Kier alpha value is -3.91. The van der Waals surface area contributed by atoms with Gasteiger partial charge in [-0.3, -0.25) is 9.36 Å². The molecular formula is C27H25FN4O2S. The van der Waals surface area contributed by atoms with Crippen LogP contribution in [0.25, 0.3) is 11.4 Å². The van der Waals surface area contributed by atoms with Crippen molar-refractivity contribution in [3.05, 3.63) is 102 Å². The van der Waals surface area contributed by atoms with Crippen LogP contribution >= 0.6 is 11.8 Å². The molecule has 1 atom stereocenters. The number of benzene rings is 3. The van der Waals surface area contributed by atoms with Gasteiger partial charge >= 0.3 is 0 Å². The number of halogens is 1. The number of allylic oxidation sites excluding steroid dienone is 1. The monoisotopic (exact) mass is 488 g/mol. The molecule has 1 unspecified atom stereocenters. The zero-order chi connectivity index (χ0) is 24.8. The lowest BCUT2D eigenvalue weighted by molar-refractivity contribution is -0.115. The minimum absolute atomic E-state index is 0.245. The maximum atomic E-state index is 14.5. The molecule has 0 fully saturated rings. The number of amides is 1. The topological polar surface area (TPSA) is 69.0 Å². The molecule has 4 aromatic rings. The number of ether oxygens (including phenoxy) is 1. The van der Waals surface area contributed by atoms with E-state index in [4.69, 9.17) is 4.74 Å². The molecule has 0 spiro atoms. The van der Waals surface area contributed by atoms with Gasteiger partial charge in [-0.25, -0.2) is 4.39 Å². The van der Waals surface area contributed by atoms with Crippen LogP contribution in [-0.2, 0) is 11.3 Å². The van der Waals surface area contributed by atoms with Gasteiger partial charge in [-0.1, -0.05) is 66.4 Å². The van der Waals surface area contributed by atoms with Crippen LogP contribution in [0.5, 0.6) is 5.75 Å². The van der Waals surface area contributed by atoms with Gasteiger partial charge in [0.2, 0.25) is 5.91 Å². The van der Waals surface area contributed by atoms with Crippen molar-refractivity contribution in [2.24, 2.45) is 0 Å². The van der Waals surface area contributed by atoms with Gasteiger partial charge in [-0.15, -0.1) is 16.8 Å². The Morgan fingerprint density at radius 1 is 1.14 bits per heavy atom. The Morgan fingerprint density at radius 3 is 2.60 bits per heavy atom. The zero-order valence-corrected chi connectivity index (χ0v) is 20.3. The van der Waals surface area contributed by atoms with Gasteiger partial charge in [0, 0.05) is 6.54 Å². The van der Waals surface area contributed by atoms with E-state index in [2.05, 4.69) is 22.1 Å². The van der Waals surface area contributed by atoms with E-state index in [0.717, 1.165) is 11.1 Å². The number of rotatable bonds is 9. The lowest BCUT2D eigenvalue weighted by atomic mass is 10.1. The predicted octanol–water partition coefficient (Wildman–Crippen LogP) is 6.06. The summed E-state index contributed by atoms with van der Waals surface area (Å²) >= 11 is 1.24. The van der Waals surface area contributed by atoms with E-state index in [-0.39, 0.29) is 5.91 Å². The normalized spacial score (nSPS) is 11.6. The third-order valence-electron chi connectivity index (χ3n) is 5.32. The number of carbonyl (C=O) groups is 1. The summed E-state index contributed by atoms with van der Waals surface area (Å²) in [7, 11) is 1.56. The smallest absolute Gasteiger partial charge is 0.242 e. The number of hydrogen-bond acceptors (Lipinski definition) is 5. The molecule has 1 heterocycles. The summed E-state index contributed by atoms with van der Waals surface area (Å²) in [6.45, 7) is 6.12. The molecule has 0 aliphatic carbocycles. The Labute approximate surface area is 207 Å². The van der Waals surface area contributed by atoms with E-state index in [0.29, 0.717) is 34.5 Å². The molecule has 6 nitrogen and oxygen atoms in total. The van der Waals surface area contributed by atoms with Gasteiger partial charge in [0.25, 0.3) is 0 Å². The molecule has 0 aliphatic heterocycles. The van der Waals surface area contributed by atoms with Crippen LogP contribution in [-0.4, -0.2) is 27.8 Å². The second-order valence-corrected chi connectivity index (χ2v) is 8.86. The van der Waals surface area contributed by atoms with E-state index in [1.165, 1.54) is 17.8 Å². The van der Waals surface area contributed by atoms with Crippen molar-refractivity contribution >= 4 is 23.4 Å². The first-order valence-electron chi connectivity index (χ1n) is 11.0. The Morgan fingerprint density at radius 2 is 1.89 bits per heavy atom. The summed E-state index contributed by atoms with van der Waals surface area (Å²) in [6.07, 6.45) is 1.69. The average Bonchev–Trinajstić information content (AvgIpc) is 3.25. The first-order chi connectivity index (χ1) is 17.0. The highest BCUT2D eigenvalue weighted by molar-refractivity contribution is 8.00. The van der Waals surface area contributed by atoms with Gasteiger partial charge < -0.3 is 10.1 Å². The van der Waals surface area contributed by atoms with E-state index in [1.54, 1.807) is 36.0 Å². The fourth-order valence-electron chi connectivity index (χ4n) is 3.64. The maximum absolute atomic E-state index is 14.5. The van der Waals surface area contributed by atoms with Gasteiger partial charge in [-0.05, 0) is 42.3 Å². The Balaban J connectivity index is 1.72. The quantitative estimate of drug-likeness (QED) is 0.229. The van der Waals surface area contributed by atoms with Crippen molar-refractivity contribution in [2.45, 2.75) is 23.9 Å². The van der Waals surface area contributed by atoms with Crippen molar-refractivity contribution in [2.75, 3.05) is 12.4 Å². The third kappa shape index (κ3) is 5.44. The lowest BCUT2D eigenvalue weighted by Crippen LogP contribution is -2.20. The van der Waals surface area contributed by atoms with Crippen LogP contribution in [0.15, 0.2) is 90.6 Å². The number of aromatic nitrogens is 3. The van der Waals surface area contributed by atoms with Crippen LogP contribution in [0, 0.1) is 12.7 Å². The number of aryl methyl sites for hydroxylation is 1. The summed E-state index contributed by atoms with van der Waals surface area (Å²) in [6, 6.07) is 21.4. The molecule has 1 aromatic heterocycles. The summed E-state index contributed by atoms with van der Waals surface area (Å²) in [5.41, 5.74) is 2.70. The first kappa shape index (κ1) is 24.2. The molecule has 1 N–H and O–H groups in total. The molecule has 0 radical (unpaired) electrons. The standard InChI is InChI=1S/C27H25FN4O2S/c1-4-16-32-25(20-12-8-9-13-21(20)28)30-31-27(32)35-24(19-10-6-5-7-11-19)26(33)29-22-17-18(2)14-15-23(22)34-3/h4-15,17,24H,1,16H2,2-3H3,(H,29,33).